The van der Waals surface area contributed by atoms with Crippen molar-refractivity contribution in [2.45, 2.75) is 27.7 Å². The van der Waals surface area contributed by atoms with Crippen LogP contribution < -0.4 is 0 Å². The van der Waals surface area contributed by atoms with E-state index < -0.39 is 0 Å². The van der Waals surface area contributed by atoms with Crippen molar-refractivity contribution in [2.24, 2.45) is 0 Å². The molecule has 0 saturated heterocycles. The Morgan fingerprint density at radius 2 is 2.12 bits per heavy atom. The molecule has 0 bridgehead atoms. The van der Waals surface area contributed by atoms with Crippen molar-refractivity contribution in [1.82, 2.24) is 0 Å². The highest BCUT2D eigenvalue weighted by molar-refractivity contribution is 5.12. The van der Waals surface area contributed by atoms with Gasteiger partial charge in [0, 0.05) is 0 Å². The van der Waals surface area contributed by atoms with Crippen LogP contribution in [-0.2, 0) is 0 Å². The minimum absolute atomic E-state index is 0. The van der Waals surface area contributed by atoms with E-state index in [1.54, 1.807) is 0 Å². The highest BCUT2D eigenvalue weighted by atomic mass is 13.8. The predicted octanol–water partition coefficient (Wildman–Crippen LogP) is 3.16. The molecule has 0 heteroatoms. The van der Waals surface area contributed by atoms with Crippen molar-refractivity contribution >= 4 is 0 Å². The maximum absolute atomic E-state index is 3.78. The third-order valence-corrected chi connectivity index (χ3v) is 0.856. The van der Waals surface area contributed by atoms with Crippen LogP contribution in [0.2, 0.25) is 0 Å². The number of hydrogen-bond acceptors (Lipinski definition) is 0. The van der Waals surface area contributed by atoms with Gasteiger partial charge in [-0.25, -0.2) is 0 Å². The first-order chi connectivity index (χ1) is 3.31. The third kappa shape index (κ3) is 5.48. The van der Waals surface area contributed by atoms with Crippen molar-refractivity contribution in [3.8, 4) is 0 Å². The smallest absolute Gasteiger partial charge is 0.0313 e. The summed E-state index contributed by atoms with van der Waals surface area (Å²) in [6.45, 7) is 7.88. The van der Waals surface area contributed by atoms with E-state index in [0.29, 0.717) is 0 Å². The summed E-state index contributed by atoms with van der Waals surface area (Å²) in [4.78, 5) is 0. The summed E-state index contributed by atoms with van der Waals surface area (Å²) in [6, 6.07) is 0. The molecule has 0 rings (SSSR count). The highest BCUT2D eigenvalue weighted by Crippen LogP contribution is 1.95. The Balaban J connectivity index is 0. The molecule has 8 heavy (non-hydrogen) atoms. The topological polar surface area (TPSA) is 0 Å². The zero-order valence-corrected chi connectivity index (χ0v) is 5.07. The van der Waals surface area contributed by atoms with Gasteiger partial charge in [0.2, 0.25) is 0 Å². The average Bonchev–Trinajstić information content (AvgIpc) is 1.68. The molecule has 0 aromatic heterocycles. The van der Waals surface area contributed by atoms with E-state index in [1.165, 1.54) is 5.57 Å². The molecule has 0 N–H and O–H groups in total. The van der Waals surface area contributed by atoms with Gasteiger partial charge in [0.05, 0.1) is 0 Å². The van der Waals surface area contributed by atoms with Crippen LogP contribution in [0.25, 0.3) is 0 Å². The van der Waals surface area contributed by atoms with Crippen molar-refractivity contribution in [3.05, 3.63) is 24.3 Å². The van der Waals surface area contributed by atoms with Gasteiger partial charge in [-0.15, -0.1) is 0 Å². The monoisotopic (exact) mass is 112 g/mol. The quantitative estimate of drug-likeness (QED) is 0.481. The molecule has 0 amide bonds. The van der Waals surface area contributed by atoms with Crippen molar-refractivity contribution in [1.29, 1.82) is 0 Å². The van der Waals surface area contributed by atoms with Crippen LogP contribution in [0.4, 0.5) is 0 Å². The van der Waals surface area contributed by atoms with Gasteiger partial charge in [-0.2, -0.15) is 0 Å². The summed E-state index contributed by atoms with van der Waals surface area (Å²) in [5.41, 5.74) is 1.20. The van der Waals surface area contributed by atoms with Crippen LogP contribution in [-0.4, -0.2) is 0 Å². The summed E-state index contributed by atoms with van der Waals surface area (Å²) in [5, 5.41) is 0. The summed E-state index contributed by atoms with van der Waals surface area (Å²) >= 11 is 0. The largest absolute Gasteiger partial charge is 0.0959 e. The van der Waals surface area contributed by atoms with E-state index in [4.69, 9.17) is 0 Å². The van der Waals surface area contributed by atoms with Gasteiger partial charge in [0.15, 0.2) is 0 Å². The first-order valence-electron chi connectivity index (χ1n) is 2.61. The Bertz CT molecular complexity index is 78.0. The van der Waals surface area contributed by atoms with Crippen LogP contribution in [0.15, 0.2) is 24.3 Å². The zero-order chi connectivity index (χ0) is 5.70. The normalized spacial score (nSPS) is 8.75. The van der Waals surface area contributed by atoms with Gasteiger partial charge in [0.25, 0.3) is 0 Å². The molecule has 0 nitrogen and oxygen atoms in total. The predicted molar refractivity (Wildman–Crippen MR) is 41.0 cm³/mol. The van der Waals surface area contributed by atoms with Gasteiger partial charge in [-0.3, -0.25) is 0 Å². The maximum atomic E-state index is 3.78. The summed E-state index contributed by atoms with van der Waals surface area (Å²) in [6.07, 6.45) is 5.09. The minimum atomic E-state index is 0. The van der Waals surface area contributed by atoms with E-state index in [9.17, 15) is 0 Å². The third-order valence-electron chi connectivity index (χ3n) is 0.856. The minimum Gasteiger partial charge on any atom is -0.0959 e. The first-order valence-corrected chi connectivity index (χ1v) is 2.61. The molecule has 48 valence electrons. The van der Waals surface area contributed by atoms with Crippen LogP contribution in [0.1, 0.15) is 27.7 Å². The zero-order valence-electron chi connectivity index (χ0n) is 5.07. The standard InChI is InChI=1S/C7H12.CH4/c1-4-6-7(3)5-2;/h4,6H,3,5H2,1-2H3;1H4/b6-4-;. The lowest BCUT2D eigenvalue weighted by Crippen LogP contribution is -1.65. The second-order valence-electron chi connectivity index (χ2n) is 1.51. The fraction of sp³-hybridized carbons (Fsp3) is 0.500. The number of hydrogen-bond donors (Lipinski definition) is 0. The van der Waals surface area contributed by atoms with Crippen molar-refractivity contribution < 1.29 is 0 Å². The molecule has 0 aliphatic heterocycles. The SMILES string of the molecule is C.C=C(/C=C\C)CC. The lowest BCUT2D eigenvalue weighted by atomic mass is 10.2. The van der Waals surface area contributed by atoms with Gasteiger partial charge >= 0.3 is 0 Å². The van der Waals surface area contributed by atoms with Crippen LogP contribution >= 0.6 is 0 Å². The van der Waals surface area contributed by atoms with E-state index in [0.717, 1.165) is 6.42 Å². The van der Waals surface area contributed by atoms with Crippen LogP contribution in [0, 0.1) is 0 Å². The molecule has 0 radical (unpaired) electrons. The second-order valence-corrected chi connectivity index (χ2v) is 1.51. The van der Waals surface area contributed by atoms with Crippen molar-refractivity contribution in [3.63, 3.8) is 0 Å². The van der Waals surface area contributed by atoms with E-state index in [2.05, 4.69) is 13.5 Å². The first kappa shape index (κ1) is 10.5. The Hall–Kier alpha value is -0.520. The van der Waals surface area contributed by atoms with E-state index in [1.807, 2.05) is 19.1 Å². The maximum Gasteiger partial charge on any atom is -0.0313 e. The van der Waals surface area contributed by atoms with Gasteiger partial charge in [0.1, 0.15) is 0 Å². The van der Waals surface area contributed by atoms with Crippen LogP contribution in [0.3, 0.4) is 0 Å². The Labute approximate surface area is 52.9 Å². The Morgan fingerprint density at radius 3 is 2.25 bits per heavy atom. The van der Waals surface area contributed by atoms with E-state index in [-0.39, 0.29) is 7.43 Å². The fourth-order valence-electron chi connectivity index (χ4n) is 0.354. The lowest BCUT2D eigenvalue weighted by Gasteiger charge is -1.85. The van der Waals surface area contributed by atoms with Crippen LogP contribution in [0.5, 0.6) is 0 Å². The van der Waals surface area contributed by atoms with Gasteiger partial charge in [-0.1, -0.05) is 38.7 Å². The second kappa shape index (κ2) is 6.48. The highest BCUT2D eigenvalue weighted by Gasteiger charge is 1.75. The molecule has 0 aliphatic carbocycles. The molecule has 0 aromatic rings. The van der Waals surface area contributed by atoms with Gasteiger partial charge < -0.3 is 0 Å². The Morgan fingerprint density at radius 1 is 1.62 bits per heavy atom. The molecule has 0 unspecified atom stereocenters. The molecule has 0 aliphatic rings. The van der Waals surface area contributed by atoms with Crippen molar-refractivity contribution in [2.75, 3.05) is 0 Å². The average molecular weight is 112 g/mol. The molecule has 0 atom stereocenters. The Kier molecular flexibility index (Phi) is 8.47. The lowest BCUT2D eigenvalue weighted by molar-refractivity contribution is 1.16. The molecule has 0 saturated carbocycles. The fourth-order valence-corrected chi connectivity index (χ4v) is 0.354. The summed E-state index contributed by atoms with van der Waals surface area (Å²) in [5.74, 6) is 0. The summed E-state index contributed by atoms with van der Waals surface area (Å²) < 4.78 is 0. The summed E-state index contributed by atoms with van der Waals surface area (Å²) in [7, 11) is 0. The van der Waals surface area contributed by atoms with E-state index >= 15 is 0 Å². The number of allylic oxidation sites excluding steroid dienone is 3. The molecule has 0 spiro atoms. The molecule has 0 heterocycles. The molecular weight excluding hydrogens is 96.1 g/mol. The van der Waals surface area contributed by atoms with Gasteiger partial charge in [-0.05, 0) is 13.3 Å². The molecular formula is C8H16. The molecule has 0 fully saturated rings. The molecule has 0 aromatic carbocycles. The number of rotatable bonds is 2.